The van der Waals surface area contributed by atoms with Crippen LogP contribution in [0, 0.1) is 0 Å². The molecule has 2 aromatic rings. The number of ether oxygens (including phenoxy) is 1. The van der Waals surface area contributed by atoms with Crippen molar-refractivity contribution in [2.45, 2.75) is 45.9 Å². The number of fused-ring (bicyclic) bond motifs is 1. The van der Waals surface area contributed by atoms with Crippen molar-refractivity contribution in [3.8, 4) is 0 Å². The van der Waals surface area contributed by atoms with Crippen molar-refractivity contribution < 1.29 is 9.53 Å². The van der Waals surface area contributed by atoms with E-state index in [1.165, 1.54) is 16.2 Å². The Morgan fingerprint density at radius 1 is 1.23 bits per heavy atom. The second-order valence-electron chi connectivity index (χ2n) is 7.89. The van der Waals surface area contributed by atoms with E-state index in [4.69, 9.17) is 21.9 Å². The third-order valence-electron chi connectivity index (χ3n) is 5.08. The molecule has 0 radical (unpaired) electrons. The number of carbonyl (C=O) groups is 1. The minimum atomic E-state index is -0.211. The molecule has 2 aliphatic rings. The molecule has 4 rings (SSSR count). The van der Waals surface area contributed by atoms with Gasteiger partial charge < -0.3 is 9.64 Å². The molecule has 2 atom stereocenters. The van der Waals surface area contributed by atoms with Gasteiger partial charge in [0.2, 0.25) is 0 Å². The number of thioether (sulfide) groups is 1. The topological polar surface area (TPSA) is 67.2 Å². The molecule has 2 fully saturated rings. The third-order valence-corrected chi connectivity index (χ3v) is 6.41. The van der Waals surface area contributed by atoms with Gasteiger partial charge in [-0.1, -0.05) is 30.0 Å². The molecule has 158 valence electrons. The highest BCUT2D eigenvalue weighted by atomic mass is 32.2. The summed E-state index contributed by atoms with van der Waals surface area (Å²) in [6.07, 6.45) is 3.36. The first-order valence-electron chi connectivity index (χ1n) is 9.95. The SMILES string of the molecule is CC1CN(c2nc3ccccn3c(=O)c2C=C2SC(=S)N(C(C)C)C2=O)CC(C)O1. The number of amides is 1. The van der Waals surface area contributed by atoms with Gasteiger partial charge in [-0.2, -0.15) is 0 Å². The maximum Gasteiger partial charge on any atom is 0.267 e. The number of morpholine rings is 1. The van der Waals surface area contributed by atoms with Crippen LogP contribution in [-0.2, 0) is 9.53 Å². The molecule has 0 aliphatic carbocycles. The van der Waals surface area contributed by atoms with E-state index in [-0.39, 0.29) is 29.7 Å². The Labute approximate surface area is 184 Å². The van der Waals surface area contributed by atoms with Gasteiger partial charge in [-0.25, -0.2) is 4.98 Å². The number of rotatable bonds is 3. The van der Waals surface area contributed by atoms with Crippen LogP contribution in [0.3, 0.4) is 0 Å². The lowest BCUT2D eigenvalue weighted by Gasteiger charge is -2.36. The van der Waals surface area contributed by atoms with Crippen LogP contribution >= 0.6 is 24.0 Å². The Morgan fingerprint density at radius 2 is 1.93 bits per heavy atom. The summed E-state index contributed by atoms with van der Waals surface area (Å²) < 4.78 is 7.86. The van der Waals surface area contributed by atoms with Crippen LogP contribution < -0.4 is 10.5 Å². The highest BCUT2D eigenvalue weighted by Gasteiger charge is 2.35. The molecule has 2 aliphatic heterocycles. The predicted octanol–water partition coefficient (Wildman–Crippen LogP) is 2.92. The van der Waals surface area contributed by atoms with Crippen LogP contribution in [0.2, 0.25) is 0 Å². The Morgan fingerprint density at radius 3 is 2.57 bits per heavy atom. The van der Waals surface area contributed by atoms with Gasteiger partial charge >= 0.3 is 0 Å². The lowest BCUT2D eigenvalue weighted by atomic mass is 10.2. The number of carbonyl (C=O) groups excluding carboxylic acids is 1. The molecule has 0 aromatic carbocycles. The van der Waals surface area contributed by atoms with Gasteiger partial charge in [0.05, 0.1) is 22.7 Å². The van der Waals surface area contributed by atoms with Crippen molar-refractivity contribution in [1.29, 1.82) is 0 Å². The number of anilines is 1. The zero-order chi connectivity index (χ0) is 21.6. The molecule has 2 saturated heterocycles. The molecule has 4 heterocycles. The number of hydrogen-bond donors (Lipinski definition) is 0. The van der Waals surface area contributed by atoms with Gasteiger partial charge in [-0.05, 0) is 45.9 Å². The lowest BCUT2D eigenvalue weighted by molar-refractivity contribution is -0.123. The van der Waals surface area contributed by atoms with E-state index < -0.39 is 0 Å². The van der Waals surface area contributed by atoms with Crippen LogP contribution in [0.15, 0.2) is 34.1 Å². The molecule has 1 amide bonds. The summed E-state index contributed by atoms with van der Waals surface area (Å²) in [7, 11) is 0. The smallest absolute Gasteiger partial charge is 0.267 e. The van der Waals surface area contributed by atoms with Gasteiger partial charge in [0.1, 0.15) is 15.8 Å². The van der Waals surface area contributed by atoms with Crippen molar-refractivity contribution in [3.05, 3.63) is 45.2 Å². The van der Waals surface area contributed by atoms with Crippen LogP contribution in [0.1, 0.15) is 33.3 Å². The van der Waals surface area contributed by atoms with Crippen LogP contribution in [0.25, 0.3) is 11.7 Å². The average Bonchev–Trinajstić information content (AvgIpc) is 2.96. The first-order valence-corrected chi connectivity index (χ1v) is 11.2. The average molecular weight is 445 g/mol. The Kier molecular flexibility index (Phi) is 5.69. The molecule has 0 bridgehead atoms. The van der Waals surface area contributed by atoms with Gasteiger partial charge in [-0.15, -0.1) is 0 Å². The van der Waals surface area contributed by atoms with Gasteiger partial charge in [0.15, 0.2) is 0 Å². The van der Waals surface area contributed by atoms with Crippen LogP contribution in [0.4, 0.5) is 5.82 Å². The fourth-order valence-electron chi connectivity index (χ4n) is 3.87. The van der Waals surface area contributed by atoms with E-state index in [1.54, 1.807) is 29.3 Å². The first kappa shape index (κ1) is 21.0. The molecule has 2 aromatic heterocycles. The summed E-state index contributed by atoms with van der Waals surface area (Å²) in [6, 6.07) is 5.40. The second kappa shape index (κ2) is 8.13. The second-order valence-corrected chi connectivity index (χ2v) is 9.57. The van der Waals surface area contributed by atoms with E-state index in [2.05, 4.69) is 4.90 Å². The summed E-state index contributed by atoms with van der Waals surface area (Å²) in [6.45, 7) is 9.08. The van der Waals surface area contributed by atoms with E-state index in [1.807, 2.05) is 33.8 Å². The third kappa shape index (κ3) is 3.77. The molecule has 7 nitrogen and oxygen atoms in total. The van der Waals surface area contributed by atoms with Gasteiger partial charge in [0, 0.05) is 25.3 Å². The normalized spacial score (nSPS) is 24.0. The van der Waals surface area contributed by atoms with Gasteiger partial charge in [0.25, 0.3) is 11.5 Å². The van der Waals surface area contributed by atoms with Crippen molar-refractivity contribution in [2.24, 2.45) is 0 Å². The van der Waals surface area contributed by atoms with Gasteiger partial charge in [-0.3, -0.25) is 18.9 Å². The molecule has 9 heteroatoms. The number of nitrogens with zero attached hydrogens (tertiary/aromatic N) is 4. The van der Waals surface area contributed by atoms with Crippen molar-refractivity contribution >= 4 is 51.7 Å². The fraction of sp³-hybridized carbons (Fsp3) is 0.429. The summed E-state index contributed by atoms with van der Waals surface area (Å²) in [4.78, 5) is 35.2. The highest BCUT2D eigenvalue weighted by Crippen LogP contribution is 2.35. The largest absolute Gasteiger partial charge is 0.372 e. The standard InChI is InChI=1S/C21H24N4O3S2/c1-12(2)25-20(27)16(30-21(25)29)9-15-18(23-10-13(3)28-14(4)11-23)22-17-7-5-6-8-24(17)19(15)26/h5-9,12-14H,10-11H2,1-4H3. The minimum Gasteiger partial charge on any atom is -0.372 e. The Bertz CT molecular complexity index is 1100. The van der Waals surface area contributed by atoms with Crippen molar-refractivity contribution in [1.82, 2.24) is 14.3 Å². The number of hydrogen-bond acceptors (Lipinski definition) is 7. The highest BCUT2D eigenvalue weighted by molar-refractivity contribution is 8.26. The molecular formula is C21H24N4O3S2. The maximum atomic E-state index is 13.4. The molecule has 0 N–H and O–H groups in total. The van der Waals surface area contributed by atoms with E-state index in [9.17, 15) is 9.59 Å². The van der Waals surface area contributed by atoms with E-state index >= 15 is 0 Å². The Hall–Kier alpha value is -2.23. The molecule has 30 heavy (non-hydrogen) atoms. The quantitative estimate of drug-likeness (QED) is 0.533. The number of aromatic nitrogens is 2. The van der Waals surface area contributed by atoms with E-state index in [0.29, 0.717) is 39.3 Å². The first-order chi connectivity index (χ1) is 14.3. The minimum absolute atomic E-state index is 0.0109. The van der Waals surface area contributed by atoms with Crippen molar-refractivity contribution in [2.75, 3.05) is 18.0 Å². The van der Waals surface area contributed by atoms with Crippen LogP contribution in [-0.4, -0.2) is 55.9 Å². The monoisotopic (exact) mass is 444 g/mol. The zero-order valence-corrected chi connectivity index (χ0v) is 19.0. The molecular weight excluding hydrogens is 420 g/mol. The molecule has 2 unspecified atom stereocenters. The number of thiocarbonyl (C=S) groups is 1. The number of pyridine rings is 1. The fourth-order valence-corrected chi connectivity index (χ4v) is 5.37. The zero-order valence-electron chi connectivity index (χ0n) is 17.4. The maximum absolute atomic E-state index is 13.4. The summed E-state index contributed by atoms with van der Waals surface area (Å²) in [5, 5.41) is 0. The summed E-state index contributed by atoms with van der Waals surface area (Å²) in [5.74, 6) is 0.398. The molecule has 0 spiro atoms. The van der Waals surface area contributed by atoms with E-state index in [0.717, 1.165) is 0 Å². The Balaban J connectivity index is 1.88. The predicted molar refractivity (Wildman–Crippen MR) is 124 cm³/mol. The summed E-state index contributed by atoms with van der Waals surface area (Å²) in [5.41, 5.74) is 0.748. The molecule has 0 saturated carbocycles. The van der Waals surface area contributed by atoms with Crippen LogP contribution in [0.5, 0.6) is 0 Å². The summed E-state index contributed by atoms with van der Waals surface area (Å²) >= 11 is 6.61. The van der Waals surface area contributed by atoms with Crippen molar-refractivity contribution in [3.63, 3.8) is 0 Å². The lowest BCUT2D eigenvalue weighted by Crippen LogP contribution is -2.46.